The van der Waals surface area contributed by atoms with Gasteiger partial charge in [0.2, 0.25) is 5.43 Å². The number of carbonyl (C=O) groups is 2. The Labute approximate surface area is 157 Å². The fraction of sp³-hybridized carbons (Fsp3) is 0.389. The zero-order chi connectivity index (χ0) is 19.0. The van der Waals surface area contributed by atoms with Crippen LogP contribution in [0.25, 0.3) is 10.9 Å². The van der Waals surface area contributed by atoms with Gasteiger partial charge in [-0.1, -0.05) is 0 Å². The molecular weight excluding hydrogens is 409 g/mol. The number of benzene rings is 1. The average Bonchev–Trinajstić information content (AvgIpc) is 3.41. The second kappa shape index (κ2) is 7.19. The predicted octanol–water partition coefficient (Wildman–Crippen LogP) is 3.48. The summed E-state index contributed by atoms with van der Waals surface area (Å²) in [6.07, 6.45) is 3.21. The van der Waals surface area contributed by atoms with E-state index in [4.69, 9.17) is 9.47 Å². The van der Waals surface area contributed by atoms with E-state index in [0.717, 1.165) is 18.9 Å². The molecule has 3 rings (SSSR count). The maximum atomic E-state index is 14.4. The largest absolute Gasteiger partial charge is 0.462 e. The number of nitrogens with zero attached hydrogens (tertiary/aromatic N) is 1. The maximum absolute atomic E-state index is 14.4. The summed E-state index contributed by atoms with van der Waals surface area (Å²) < 4.78 is 26.3. The summed E-state index contributed by atoms with van der Waals surface area (Å²) in [5, 5.41) is 0.0605. The lowest BCUT2D eigenvalue weighted by Gasteiger charge is -2.17. The molecule has 0 amide bonds. The maximum Gasteiger partial charge on any atom is 0.343 e. The average molecular weight is 426 g/mol. The summed E-state index contributed by atoms with van der Waals surface area (Å²) in [4.78, 5) is 36.1. The third-order valence-electron chi connectivity index (χ3n) is 4.16. The summed E-state index contributed by atoms with van der Waals surface area (Å²) in [5.41, 5.74) is 0.0758. The Balaban J connectivity index is 2.32. The third-order valence-corrected chi connectivity index (χ3v) is 5.02. The highest BCUT2D eigenvalue weighted by atomic mass is 79.9. The van der Waals surface area contributed by atoms with Gasteiger partial charge in [-0.25, -0.2) is 9.18 Å². The molecule has 1 aromatic carbocycles. The zero-order valence-electron chi connectivity index (χ0n) is 14.3. The van der Waals surface area contributed by atoms with Gasteiger partial charge in [0.25, 0.3) is 0 Å². The fourth-order valence-electron chi connectivity index (χ4n) is 2.84. The summed E-state index contributed by atoms with van der Waals surface area (Å²) in [6.45, 7) is 2.84. The fourth-order valence-corrected chi connectivity index (χ4v) is 3.26. The van der Waals surface area contributed by atoms with Crippen LogP contribution in [0.2, 0.25) is 0 Å². The van der Waals surface area contributed by atoms with Crippen molar-refractivity contribution in [1.29, 1.82) is 0 Å². The number of aromatic nitrogens is 1. The van der Waals surface area contributed by atoms with Crippen LogP contribution >= 0.6 is 15.9 Å². The molecule has 0 atom stereocenters. The number of esters is 2. The molecule has 0 spiro atoms. The molecule has 1 aliphatic rings. The molecule has 0 aliphatic heterocycles. The van der Waals surface area contributed by atoms with Crippen molar-refractivity contribution in [1.82, 2.24) is 4.57 Å². The molecule has 1 aromatic heterocycles. The van der Waals surface area contributed by atoms with E-state index in [0.29, 0.717) is 11.1 Å². The van der Waals surface area contributed by atoms with Gasteiger partial charge in [0, 0.05) is 30.1 Å². The molecule has 0 radical (unpaired) electrons. The van der Waals surface area contributed by atoms with Gasteiger partial charge in [0.1, 0.15) is 18.0 Å². The van der Waals surface area contributed by atoms with Crippen LogP contribution in [0.5, 0.6) is 0 Å². The molecule has 138 valence electrons. The molecule has 6 nitrogen and oxygen atoms in total. The molecule has 0 N–H and O–H groups in total. The van der Waals surface area contributed by atoms with Crippen molar-refractivity contribution in [2.75, 3.05) is 6.61 Å². The number of rotatable bonds is 5. The lowest BCUT2D eigenvalue weighted by atomic mass is 10.1. The Morgan fingerprint density at radius 1 is 1.35 bits per heavy atom. The minimum atomic E-state index is -0.737. The van der Waals surface area contributed by atoms with Crippen LogP contribution in [0, 0.1) is 5.82 Å². The number of hydrogen-bond donors (Lipinski definition) is 0. The lowest BCUT2D eigenvalue weighted by molar-refractivity contribution is -0.142. The highest BCUT2D eigenvalue weighted by Gasteiger charge is 2.29. The summed E-state index contributed by atoms with van der Waals surface area (Å²) in [5.74, 6) is -1.92. The molecule has 1 heterocycles. The first kappa shape index (κ1) is 18.6. The highest BCUT2D eigenvalue weighted by Crippen LogP contribution is 2.39. The predicted molar refractivity (Wildman–Crippen MR) is 95.6 cm³/mol. The monoisotopic (exact) mass is 425 g/mol. The van der Waals surface area contributed by atoms with E-state index in [1.807, 2.05) is 0 Å². The molecule has 1 fully saturated rings. The van der Waals surface area contributed by atoms with Crippen molar-refractivity contribution in [2.24, 2.45) is 0 Å². The van der Waals surface area contributed by atoms with Gasteiger partial charge in [0.15, 0.2) is 0 Å². The second-order valence-electron chi connectivity index (χ2n) is 6.06. The molecule has 0 bridgehead atoms. The van der Waals surface area contributed by atoms with Crippen molar-refractivity contribution in [3.05, 3.63) is 43.9 Å². The number of halogens is 2. The smallest absolute Gasteiger partial charge is 0.343 e. The van der Waals surface area contributed by atoms with E-state index in [-0.39, 0.29) is 34.7 Å². The first-order chi connectivity index (χ1) is 12.3. The van der Waals surface area contributed by atoms with Crippen LogP contribution in [-0.2, 0) is 20.9 Å². The number of ether oxygens (including phenoxy) is 2. The standard InChI is InChI=1S/C18H17BrFNO5/c1-3-25-18(24)12-7-21(10-4-5-10)16-11(17(12)23)6-14(20)15(19)13(16)8-26-9(2)22/h6-7,10H,3-5,8H2,1-2H3. The summed E-state index contributed by atoms with van der Waals surface area (Å²) in [7, 11) is 0. The minimum absolute atomic E-state index is 0.0605. The molecule has 2 aromatic rings. The Morgan fingerprint density at radius 2 is 2.04 bits per heavy atom. The third kappa shape index (κ3) is 3.38. The van der Waals surface area contributed by atoms with Gasteiger partial charge in [-0.3, -0.25) is 9.59 Å². The van der Waals surface area contributed by atoms with Gasteiger partial charge >= 0.3 is 11.9 Å². The first-order valence-corrected chi connectivity index (χ1v) is 9.00. The molecule has 1 aliphatic carbocycles. The second-order valence-corrected chi connectivity index (χ2v) is 6.85. The van der Waals surface area contributed by atoms with Crippen molar-refractivity contribution in [3.8, 4) is 0 Å². The molecule has 1 saturated carbocycles. The van der Waals surface area contributed by atoms with Gasteiger partial charge in [-0.2, -0.15) is 0 Å². The first-order valence-electron chi connectivity index (χ1n) is 8.21. The summed E-state index contributed by atoms with van der Waals surface area (Å²) in [6, 6.07) is 1.19. The van der Waals surface area contributed by atoms with E-state index < -0.39 is 23.2 Å². The van der Waals surface area contributed by atoms with E-state index in [2.05, 4.69) is 15.9 Å². The van der Waals surface area contributed by atoms with Crippen LogP contribution in [0.15, 0.2) is 21.5 Å². The molecule has 0 unspecified atom stereocenters. The number of carbonyl (C=O) groups excluding carboxylic acids is 2. The zero-order valence-corrected chi connectivity index (χ0v) is 15.9. The van der Waals surface area contributed by atoms with Crippen molar-refractivity contribution >= 4 is 38.8 Å². The highest BCUT2D eigenvalue weighted by molar-refractivity contribution is 9.10. The normalized spacial score (nSPS) is 13.7. The van der Waals surface area contributed by atoms with E-state index in [9.17, 15) is 18.8 Å². The Bertz CT molecular complexity index is 964. The van der Waals surface area contributed by atoms with Crippen LogP contribution in [-0.4, -0.2) is 23.1 Å². The van der Waals surface area contributed by atoms with Gasteiger partial charge in [0.05, 0.1) is 16.6 Å². The SMILES string of the molecule is CCOC(=O)c1cn(C2CC2)c2c(COC(C)=O)c(Br)c(F)cc2c1=O. The van der Waals surface area contributed by atoms with Gasteiger partial charge < -0.3 is 14.0 Å². The van der Waals surface area contributed by atoms with Crippen molar-refractivity contribution in [2.45, 2.75) is 39.3 Å². The van der Waals surface area contributed by atoms with E-state index >= 15 is 0 Å². The summed E-state index contributed by atoms with van der Waals surface area (Å²) >= 11 is 3.18. The quantitative estimate of drug-likeness (QED) is 0.685. The molecule has 26 heavy (non-hydrogen) atoms. The van der Waals surface area contributed by atoms with E-state index in [1.165, 1.54) is 13.1 Å². The van der Waals surface area contributed by atoms with Gasteiger partial charge in [-0.05, 0) is 41.8 Å². The van der Waals surface area contributed by atoms with E-state index in [1.54, 1.807) is 11.5 Å². The molecule has 8 heteroatoms. The lowest BCUT2D eigenvalue weighted by Crippen LogP contribution is -2.22. The number of pyridine rings is 1. The van der Waals surface area contributed by atoms with Crippen LogP contribution in [0.4, 0.5) is 4.39 Å². The van der Waals surface area contributed by atoms with Crippen LogP contribution in [0.3, 0.4) is 0 Å². The minimum Gasteiger partial charge on any atom is -0.462 e. The Hall–Kier alpha value is -2.22. The molecular formula is C18H17BrFNO5. The van der Waals surface area contributed by atoms with Crippen molar-refractivity contribution in [3.63, 3.8) is 0 Å². The van der Waals surface area contributed by atoms with Crippen LogP contribution in [0.1, 0.15) is 48.7 Å². The Morgan fingerprint density at radius 3 is 2.62 bits per heavy atom. The number of fused-ring (bicyclic) bond motifs is 1. The topological polar surface area (TPSA) is 74.6 Å². The molecule has 0 saturated heterocycles. The number of hydrogen-bond acceptors (Lipinski definition) is 5. The van der Waals surface area contributed by atoms with Gasteiger partial charge in [-0.15, -0.1) is 0 Å². The Kier molecular flexibility index (Phi) is 5.13. The van der Waals surface area contributed by atoms with Crippen LogP contribution < -0.4 is 5.43 Å². The van der Waals surface area contributed by atoms with Crippen molar-refractivity contribution < 1.29 is 23.5 Å².